The summed E-state index contributed by atoms with van der Waals surface area (Å²) in [6, 6.07) is 9.78. The number of benzene rings is 1. The first kappa shape index (κ1) is 16.4. The highest BCUT2D eigenvalue weighted by atomic mass is 16.2. The van der Waals surface area contributed by atoms with Crippen molar-refractivity contribution in [1.29, 1.82) is 0 Å². The zero-order chi connectivity index (χ0) is 17.9. The first-order chi connectivity index (χ1) is 12.7. The number of piperazine rings is 1. The number of carbonyl (C=O) groups excluding carboxylic acids is 1. The first-order valence-corrected chi connectivity index (χ1v) is 8.58. The number of amides is 1. The highest BCUT2D eigenvalue weighted by molar-refractivity contribution is 5.99. The number of aromatic nitrogens is 4. The SMILES string of the molecule is CN1CCN(C(=O)c2cncnc2-c2ccccc2)CC1c1ncc[nH]1. The summed E-state index contributed by atoms with van der Waals surface area (Å²) in [5.41, 5.74) is 2.11. The van der Waals surface area contributed by atoms with Crippen molar-refractivity contribution in [2.75, 3.05) is 26.7 Å². The van der Waals surface area contributed by atoms with E-state index >= 15 is 0 Å². The molecule has 1 saturated heterocycles. The molecule has 3 aromatic rings. The van der Waals surface area contributed by atoms with Crippen LogP contribution in [-0.4, -0.2) is 62.3 Å². The third kappa shape index (κ3) is 3.09. The lowest BCUT2D eigenvalue weighted by Gasteiger charge is -2.38. The maximum Gasteiger partial charge on any atom is 0.257 e. The summed E-state index contributed by atoms with van der Waals surface area (Å²) in [7, 11) is 2.05. The van der Waals surface area contributed by atoms with Gasteiger partial charge in [0.2, 0.25) is 0 Å². The molecule has 1 atom stereocenters. The Hall–Kier alpha value is -3.06. The number of rotatable bonds is 3. The summed E-state index contributed by atoms with van der Waals surface area (Å²) < 4.78 is 0. The van der Waals surface area contributed by atoms with Gasteiger partial charge < -0.3 is 9.88 Å². The molecule has 0 bridgehead atoms. The fourth-order valence-electron chi connectivity index (χ4n) is 3.30. The molecule has 26 heavy (non-hydrogen) atoms. The summed E-state index contributed by atoms with van der Waals surface area (Å²) in [5.74, 6) is 0.826. The monoisotopic (exact) mass is 348 g/mol. The van der Waals surface area contributed by atoms with E-state index in [2.05, 4.69) is 31.9 Å². The first-order valence-electron chi connectivity index (χ1n) is 8.58. The molecule has 0 radical (unpaired) electrons. The Morgan fingerprint density at radius 3 is 2.81 bits per heavy atom. The molecule has 1 amide bonds. The Balaban J connectivity index is 1.62. The van der Waals surface area contributed by atoms with E-state index in [0.717, 1.165) is 17.9 Å². The van der Waals surface area contributed by atoms with E-state index in [9.17, 15) is 4.79 Å². The summed E-state index contributed by atoms with van der Waals surface area (Å²) >= 11 is 0. The van der Waals surface area contributed by atoms with Gasteiger partial charge in [-0.25, -0.2) is 15.0 Å². The third-order valence-corrected chi connectivity index (χ3v) is 4.76. The van der Waals surface area contributed by atoms with Gasteiger partial charge in [-0.2, -0.15) is 0 Å². The van der Waals surface area contributed by atoms with E-state index in [-0.39, 0.29) is 11.9 Å². The largest absolute Gasteiger partial charge is 0.347 e. The van der Waals surface area contributed by atoms with Gasteiger partial charge in [-0.1, -0.05) is 30.3 Å². The van der Waals surface area contributed by atoms with E-state index in [1.165, 1.54) is 6.33 Å². The molecule has 1 aromatic carbocycles. The molecule has 7 heteroatoms. The Morgan fingerprint density at radius 2 is 2.04 bits per heavy atom. The van der Waals surface area contributed by atoms with E-state index < -0.39 is 0 Å². The number of nitrogens with one attached hydrogen (secondary N) is 1. The summed E-state index contributed by atoms with van der Waals surface area (Å²) in [6.07, 6.45) is 6.64. The van der Waals surface area contributed by atoms with Gasteiger partial charge in [-0.15, -0.1) is 0 Å². The van der Waals surface area contributed by atoms with Crippen LogP contribution in [0.1, 0.15) is 22.2 Å². The highest BCUT2D eigenvalue weighted by Crippen LogP contribution is 2.25. The minimum atomic E-state index is -0.0471. The van der Waals surface area contributed by atoms with Crippen LogP contribution in [0.4, 0.5) is 0 Å². The van der Waals surface area contributed by atoms with Crippen molar-refractivity contribution in [2.45, 2.75) is 6.04 Å². The number of aromatic amines is 1. The number of hydrogen-bond acceptors (Lipinski definition) is 5. The normalized spacial score (nSPS) is 18.0. The molecule has 0 aliphatic carbocycles. The van der Waals surface area contributed by atoms with Gasteiger partial charge >= 0.3 is 0 Å². The van der Waals surface area contributed by atoms with E-state index in [4.69, 9.17) is 0 Å². The maximum absolute atomic E-state index is 13.2. The number of likely N-dealkylation sites (N-methyl/N-ethyl adjacent to an activating group) is 1. The van der Waals surface area contributed by atoms with Gasteiger partial charge in [0.1, 0.15) is 12.2 Å². The zero-order valence-corrected chi connectivity index (χ0v) is 14.5. The van der Waals surface area contributed by atoms with Gasteiger partial charge in [0.05, 0.1) is 17.3 Å². The fraction of sp³-hybridized carbons (Fsp3) is 0.263. The number of nitrogens with zero attached hydrogens (tertiary/aromatic N) is 5. The topological polar surface area (TPSA) is 78.0 Å². The van der Waals surface area contributed by atoms with E-state index in [0.29, 0.717) is 24.3 Å². The smallest absolute Gasteiger partial charge is 0.257 e. The van der Waals surface area contributed by atoms with Crippen LogP contribution in [0.2, 0.25) is 0 Å². The molecule has 132 valence electrons. The van der Waals surface area contributed by atoms with Crippen LogP contribution in [0, 0.1) is 0 Å². The summed E-state index contributed by atoms with van der Waals surface area (Å²) in [6.45, 7) is 2.02. The molecule has 4 rings (SSSR count). The van der Waals surface area contributed by atoms with Gasteiger partial charge in [0, 0.05) is 43.8 Å². The Labute approximate surface area is 151 Å². The van der Waals surface area contributed by atoms with E-state index in [1.54, 1.807) is 12.4 Å². The minimum Gasteiger partial charge on any atom is -0.347 e. The lowest BCUT2D eigenvalue weighted by atomic mass is 10.1. The molecule has 1 aliphatic rings. The molecule has 0 saturated carbocycles. The van der Waals surface area contributed by atoms with Crippen LogP contribution in [0.15, 0.2) is 55.2 Å². The van der Waals surface area contributed by atoms with Gasteiger partial charge in [-0.05, 0) is 7.05 Å². The van der Waals surface area contributed by atoms with Crippen molar-refractivity contribution in [1.82, 2.24) is 29.7 Å². The molecule has 2 aromatic heterocycles. The molecule has 3 heterocycles. The van der Waals surface area contributed by atoms with Gasteiger partial charge in [0.25, 0.3) is 5.91 Å². The second-order valence-corrected chi connectivity index (χ2v) is 6.37. The third-order valence-electron chi connectivity index (χ3n) is 4.76. The molecular weight excluding hydrogens is 328 g/mol. The predicted octanol–water partition coefficient (Wildman–Crippen LogP) is 2.00. The van der Waals surface area contributed by atoms with Crippen LogP contribution in [0.5, 0.6) is 0 Å². The molecule has 1 N–H and O–H groups in total. The number of imidazole rings is 1. The molecular formula is C19H20N6O. The fourth-order valence-corrected chi connectivity index (χ4v) is 3.30. The van der Waals surface area contributed by atoms with Gasteiger partial charge in [0.15, 0.2) is 0 Å². The Kier molecular flexibility index (Phi) is 4.45. The van der Waals surface area contributed by atoms with Crippen molar-refractivity contribution < 1.29 is 4.79 Å². The van der Waals surface area contributed by atoms with Gasteiger partial charge in [-0.3, -0.25) is 9.69 Å². The second kappa shape index (κ2) is 7.05. The van der Waals surface area contributed by atoms with Crippen LogP contribution in [0.3, 0.4) is 0 Å². The van der Waals surface area contributed by atoms with Crippen molar-refractivity contribution in [3.63, 3.8) is 0 Å². The lowest BCUT2D eigenvalue weighted by molar-refractivity contribution is 0.0534. The zero-order valence-electron chi connectivity index (χ0n) is 14.5. The average molecular weight is 348 g/mol. The van der Waals surface area contributed by atoms with Crippen LogP contribution < -0.4 is 0 Å². The predicted molar refractivity (Wildman–Crippen MR) is 97.3 cm³/mol. The maximum atomic E-state index is 13.2. The van der Waals surface area contributed by atoms with Crippen molar-refractivity contribution in [3.8, 4) is 11.3 Å². The Morgan fingerprint density at radius 1 is 1.19 bits per heavy atom. The van der Waals surface area contributed by atoms with Crippen LogP contribution in [0.25, 0.3) is 11.3 Å². The number of carbonyl (C=O) groups is 1. The summed E-state index contributed by atoms with van der Waals surface area (Å²) in [5, 5.41) is 0. The molecule has 0 spiro atoms. The molecule has 7 nitrogen and oxygen atoms in total. The number of hydrogen-bond donors (Lipinski definition) is 1. The number of H-pyrrole nitrogens is 1. The average Bonchev–Trinajstić information content (AvgIpc) is 3.23. The van der Waals surface area contributed by atoms with Crippen molar-refractivity contribution >= 4 is 5.91 Å². The molecule has 1 unspecified atom stereocenters. The van der Waals surface area contributed by atoms with Crippen molar-refractivity contribution in [2.24, 2.45) is 0 Å². The van der Waals surface area contributed by atoms with Crippen LogP contribution >= 0.6 is 0 Å². The van der Waals surface area contributed by atoms with Crippen molar-refractivity contribution in [3.05, 3.63) is 66.6 Å². The van der Waals surface area contributed by atoms with E-state index in [1.807, 2.05) is 41.4 Å². The Bertz CT molecular complexity index is 880. The standard InChI is InChI=1S/C19H20N6O/c1-24-9-10-25(12-16(24)18-21-7-8-22-18)19(26)15-11-20-13-23-17(15)14-5-3-2-4-6-14/h2-8,11,13,16H,9-10,12H2,1H3,(H,21,22). The summed E-state index contributed by atoms with van der Waals surface area (Å²) in [4.78, 5) is 33.2. The highest BCUT2D eigenvalue weighted by Gasteiger charge is 2.31. The van der Waals surface area contributed by atoms with Crippen LogP contribution in [-0.2, 0) is 0 Å². The molecule has 1 aliphatic heterocycles. The lowest BCUT2D eigenvalue weighted by Crippen LogP contribution is -2.49. The second-order valence-electron chi connectivity index (χ2n) is 6.37. The quantitative estimate of drug-likeness (QED) is 0.783. The molecule has 1 fully saturated rings. The minimum absolute atomic E-state index is 0.0471.